The van der Waals surface area contributed by atoms with E-state index in [2.05, 4.69) is 4.98 Å². The van der Waals surface area contributed by atoms with Crippen molar-refractivity contribution in [2.24, 2.45) is 11.1 Å². The number of carbonyl (C=O) groups excluding carboxylic acids is 1. The first-order chi connectivity index (χ1) is 17.5. The van der Waals surface area contributed by atoms with Crippen molar-refractivity contribution >= 4 is 27.1 Å². The SMILES string of the molecule is CC(=O)c1csc(-n2nc(-c3ccc(F)c(F)c3)c(Cc3ccc(S(N)(=O)=O)c(F)c3)c2CC2CC2)n1. The zero-order chi connectivity index (χ0) is 26.5. The molecule has 37 heavy (non-hydrogen) atoms. The number of halogens is 3. The molecule has 0 saturated heterocycles. The molecule has 2 N–H and O–H groups in total. The van der Waals surface area contributed by atoms with Gasteiger partial charge in [0.25, 0.3) is 0 Å². The van der Waals surface area contributed by atoms with E-state index in [0.717, 1.165) is 42.8 Å². The van der Waals surface area contributed by atoms with Gasteiger partial charge in [0, 0.05) is 29.9 Å². The number of Topliss-reactive ketones (excluding diaryl/α,β-unsaturated/α-hetero) is 1. The normalized spacial score (nSPS) is 13.8. The van der Waals surface area contributed by atoms with Gasteiger partial charge in [-0.25, -0.2) is 36.4 Å². The number of ketones is 1. The molecule has 0 atom stereocenters. The van der Waals surface area contributed by atoms with Crippen LogP contribution in [0.2, 0.25) is 0 Å². The molecule has 2 aromatic carbocycles. The van der Waals surface area contributed by atoms with Gasteiger partial charge < -0.3 is 0 Å². The Balaban J connectivity index is 1.69. The highest BCUT2D eigenvalue weighted by Gasteiger charge is 2.29. The number of benzene rings is 2. The number of hydrogen-bond donors (Lipinski definition) is 1. The molecule has 1 aliphatic rings. The van der Waals surface area contributed by atoms with E-state index in [1.807, 2.05) is 0 Å². The van der Waals surface area contributed by atoms with Crippen molar-refractivity contribution < 1.29 is 26.4 Å². The van der Waals surface area contributed by atoms with Crippen molar-refractivity contribution in [2.45, 2.75) is 37.5 Å². The summed E-state index contributed by atoms with van der Waals surface area (Å²) in [6, 6.07) is 7.09. The second-order valence-corrected chi connectivity index (χ2v) is 11.4. The van der Waals surface area contributed by atoms with Gasteiger partial charge in [-0.05, 0) is 61.1 Å². The van der Waals surface area contributed by atoms with Crippen molar-refractivity contribution in [1.82, 2.24) is 14.8 Å². The van der Waals surface area contributed by atoms with Crippen LogP contribution < -0.4 is 5.14 Å². The molecule has 4 aromatic rings. The minimum Gasteiger partial charge on any atom is -0.293 e. The van der Waals surface area contributed by atoms with Crippen molar-refractivity contribution in [1.29, 1.82) is 0 Å². The van der Waals surface area contributed by atoms with E-state index in [1.165, 1.54) is 30.4 Å². The first kappa shape index (κ1) is 25.3. The summed E-state index contributed by atoms with van der Waals surface area (Å²) in [6.45, 7) is 1.41. The molecule has 0 bridgehead atoms. The molecular formula is C25H21F3N4O3S2. The van der Waals surface area contributed by atoms with Gasteiger partial charge in [-0.1, -0.05) is 6.07 Å². The van der Waals surface area contributed by atoms with Crippen LogP contribution in [0.1, 0.15) is 47.1 Å². The third-order valence-corrected chi connectivity index (χ3v) is 7.94. The molecule has 1 aliphatic carbocycles. The molecule has 192 valence electrons. The lowest BCUT2D eigenvalue weighted by Gasteiger charge is -2.10. The Labute approximate surface area is 214 Å². The fraction of sp³-hybridized carbons (Fsp3) is 0.240. The number of hydrogen-bond acceptors (Lipinski definition) is 6. The number of primary sulfonamides is 1. The maximum atomic E-state index is 14.6. The minimum absolute atomic E-state index is 0.128. The highest BCUT2D eigenvalue weighted by molar-refractivity contribution is 7.89. The van der Waals surface area contributed by atoms with Crippen molar-refractivity contribution in [3.63, 3.8) is 0 Å². The van der Waals surface area contributed by atoms with Gasteiger partial charge in [0.1, 0.15) is 16.4 Å². The second-order valence-electron chi connectivity index (χ2n) is 9.02. The van der Waals surface area contributed by atoms with Crippen LogP contribution in [0.3, 0.4) is 0 Å². The van der Waals surface area contributed by atoms with Gasteiger partial charge in [0.15, 0.2) is 17.4 Å². The van der Waals surface area contributed by atoms with Gasteiger partial charge in [-0.3, -0.25) is 4.79 Å². The summed E-state index contributed by atoms with van der Waals surface area (Å²) in [4.78, 5) is 15.6. The number of thiazole rings is 1. The minimum atomic E-state index is -4.24. The Kier molecular flexibility index (Phi) is 6.50. The van der Waals surface area contributed by atoms with E-state index in [9.17, 15) is 26.4 Å². The maximum absolute atomic E-state index is 14.6. The van der Waals surface area contributed by atoms with Crippen LogP contribution in [0, 0.1) is 23.4 Å². The summed E-state index contributed by atoms with van der Waals surface area (Å²) in [5, 5.41) is 11.9. The molecule has 2 aromatic heterocycles. The Morgan fingerprint density at radius 2 is 1.86 bits per heavy atom. The lowest BCUT2D eigenvalue weighted by molar-refractivity contribution is 0.101. The number of carbonyl (C=O) groups is 1. The molecule has 12 heteroatoms. The highest BCUT2D eigenvalue weighted by atomic mass is 32.2. The largest absolute Gasteiger partial charge is 0.293 e. The van der Waals surface area contributed by atoms with Crippen LogP contribution in [0.25, 0.3) is 16.4 Å². The Bertz CT molecular complexity index is 1640. The predicted octanol–water partition coefficient (Wildman–Crippen LogP) is 4.81. The fourth-order valence-electron chi connectivity index (χ4n) is 4.12. The summed E-state index contributed by atoms with van der Waals surface area (Å²) in [5.41, 5.74) is 2.78. The molecule has 0 unspecified atom stereocenters. The highest BCUT2D eigenvalue weighted by Crippen LogP contribution is 2.38. The standard InChI is InChI=1S/C25H21F3N4O3S2/c1-13(33)21-12-36-25(30-21)32-22(10-14-2-3-14)17(24(31-32)16-5-6-18(26)19(27)11-16)8-15-4-7-23(20(28)9-15)37(29,34)35/h4-7,9,11-12,14H,2-3,8,10H2,1H3,(H2,29,34,35). The van der Waals surface area contributed by atoms with E-state index < -0.39 is 32.4 Å². The molecule has 0 aliphatic heterocycles. The Hall–Kier alpha value is -3.35. The third-order valence-electron chi connectivity index (χ3n) is 6.18. The lowest BCUT2D eigenvalue weighted by atomic mass is 9.97. The lowest BCUT2D eigenvalue weighted by Crippen LogP contribution is -2.14. The van der Waals surface area contributed by atoms with Gasteiger partial charge in [0.2, 0.25) is 15.2 Å². The van der Waals surface area contributed by atoms with E-state index in [1.54, 1.807) is 10.1 Å². The summed E-state index contributed by atoms with van der Waals surface area (Å²) in [5.74, 6) is -2.85. The monoisotopic (exact) mass is 546 g/mol. The number of sulfonamides is 1. The molecule has 0 spiro atoms. The van der Waals surface area contributed by atoms with Gasteiger partial charge in [-0.15, -0.1) is 11.3 Å². The first-order valence-electron chi connectivity index (χ1n) is 11.4. The number of rotatable bonds is 8. The van der Waals surface area contributed by atoms with Crippen LogP contribution in [-0.2, 0) is 22.9 Å². The zero-order valence-corrected chi connectivity index (χ0v) is 21.2. The van der Waals surface area contributed by atoms with Crippen LogP contribution >= 0.6 is 11.3 Å². The average Bonchev–Trinajstić information content (AvgIpc) is 3.38. The summed E-state index contributed by atoms with van der Waals surface area (Å²) < 4.78 is 67.4. The van der Waals surface area contributed by atoms with Crippen molar-refractivity contribution in [3.8, 4) is 16.4 Å². The third kappa shape index (κ3) is 5.22. The topological polar surface area (TPSA) is 108 Å². The Morgan fingerprint density at radius 1 is 1.11 bits per heavy atom. The van der Waals surface area contributed by atoms with Crippen LogP contribution in [0.4, 0.5) is 13.2 Å². The molecule has 1 fully saturated rings. The van der Waals surface area contributed by atoms with Gasteiger partial charge in [-0.2, -0.15) is 5.10 Å². The molecule has 5 rings (SSSR count). The number of aromatic nitrogens is 3. The predicted molar refractivity (Wildman–Crippen MR) is 132 cm³/mol. The Morgan fingerprint density at radius 3 is 2.46 bits per heavy atom. The first-order valence-corrected chi connectivity index (χ1v) is 13.8. The van der Waals surface area contributed by atoms with E-state index >= 15 is 0 Å². The smallest absolute Gasteiger partial charge is 0.240 e. The molecule has 1 saturated carbocycles. The van der Waals surface area contributed by atoms with Gasteiger partial charge >= 0.3 is 0 Å². The summed E-state index contributed by atoms with van der Waals surface area (Å²) in [7, 11) is -4.24. The molecular weight excluding hydrogens is 525 g/mol. The fourth-order valence-corrected chi connectivity index (χ4v) is 5.55. The number of nitrogens with two attached hydrogens (primary N) is 1. The van der Waals surface area contributed by atoms with E-state index in [4.69, 9.17) is 10.2 Å². The zero-order valence-electron chi connectivity index (χ0n) is 19.5. The second kappa shape index (κ2) is 9.51. The molecule has 0 radical (unpaired) electrons. The van der Waals surface area contributed by atoms with Crippen LogP contribution in [-0.4, -0.2) is 29.0 Å². The van der Waals surface area contributed by atoms with Crippen molar-refractivity contribution in [3.05, 3.63) is 81.7 Å². The quantitative estimate of drug-likeness (QED) is 0.319. The molecule has 0 amide bonds. The van der Waals surface area contributed by atoms with Gasteiger partial charge in [0.05, 0.1) is 11.4 Å². The maximum Gasteiger partial charge on any atom is 0.240 e. The van der Waals surface area contributed by atoms with Crippen LogP contribution in [0.15, 0.2) is 46.7 Å². The van der Waals surface area contributed by atoms with Crippen molar-refractivity contribution in [2.75, 3.05) is 0 Å². The number of nitrogens with zero attached hydrogens (tertiary/aromatic N) is 3. The van der Waals surface area contributed by atoms with E-state index in [-0.39, 0.29) is 17.9 Å². The summed E-state index contributed by atoms with van der Waals surface area (Å²) in [6.07, 6.45) is 2.76. The molecule has 7 nitrogen and oxygen atoms in total. The van der Waals surface area contributed by atoms with E-state index in [0.29, 0.717) is 39.9 Å². The average molecular weight is 547 g/mol. The molecule has 2 heterocycles. The van der Waals surface area contributed by atoms with Crippen LogP contribution in [0.5, 0.6) is 0 Å². The summed E-state index contributed by atoms with van der Waals surface area (Å²) >= 11 is 1.22.